The van der Waals surface area contributed by atoms with Crippen molar-refractivity contribution in [3.63, 3.8) is 0 Å². The number of hydrogen-bond donors (Lipinski definition) is 1. The molecular weight excluding hydrogens is 356 g/mol. The molecule has 138 valence electrons. The summed E-state index contributed by atoms with van der Waals surface area (Å²) >= 11 is 0. The average molecular weight is 376 g/mol. The predicted octanol–water partition coefficient (Wildman–Crippen LogP) is 1.63. The first-order chi connectivity index (χ1) is 12.3. The molecule has 0 radical (unpaired) electrons. The minimum Gasteiger partial charge on any atom is -0.483 e. The van der Waals surface area contributed by atoms with Gasteiger partial charge in [0.2, 0.25) is 0 Å². The quantitative estimate of drug-likeness (QED) is 0.678. The fraction of sp³-hybridized carbons (Fsp3) is 0.235. The van der Waals surface area contributed by atoms with Gasteiger partial charge in [-0.25, -0.2) is 13.4 Å². The molecule has 0 spiro atoms. The highest BCUT2D eigenvalue weighted by Gasteiger charge is 2.10. The maximum atomic E-state index is 11.5. The summed E-state index contributed by atoms with van der Waals surface area (Å²) in [5.74, 6) is 0.828. The number of sulfone groups is 1. The van der Waals surface area contributed by atoms with Crippen LogP contribution < -0.4 is 0 Å². The zero-order valence-corrected chi connectivity index (χ0v) is 15.3. The minimum atomic E-state index is -3.18. The Morgan fingerprint density at radius 2 is 1.88 bits per heavy atom. The van der Waals surface area contributed by atoms with Gasteiger partial charge in [0.05, 0.1) is 11.1 Å². The molecule has 26 heavy (non-hydrogen) atoms. The topological polar surface area (TPSA) is 107 Å². The first-order valence-electron chi connectivity index (χ1n) is 7.72. The summed E-state index contributed by atoms with van der Waals surface area (Å²) in [5.41, 5.74) is 2.06. The molecule has 2 aromatic heterocycles. The summed E-state index contributed by atoms with van der Waals surface area (Å²) < 4.78 is 26.9. The number of benzene rings is 1. The standard InChI is InChI=1S/C16H18N4O2S.CH2O2/c1-19-12-13(11-18-19)7-9-20-10-8-17-16(20)14-3-5-15(6-4-14)23(2,21)22;2-1-3/h3-6,8,10-12H,7,9H2,1-2H3;1H,(H,2,3). The predicted molar refractivity (Wildman–Crippen MR) is 96.4 cm³/mol. The van der Waals surface area contributed by atoms with Gasteiger partial charge < -0.3 is 9.67 Å². The first-order valence-corrected chi connectivity index (χ1v) is 9.61. The van der Waals surface area contributed by atoms with Crippen LogP contribution in [0.1, 0.15) is 5.56 Å². The lowest BCUT2D eigenvalue weighted by Gasteiger charge is -2.08. The van der Waals surface area contributed by atoms with Crippen molar-refractivity contribution in [2.45, 2.75) is 17.9 Å². The highest BCUT2D eigenvalue weighted by Crippen LogP contribution is 2.20. The van der Waals surface area contributed by atoms with Crippen molar-refractivity contribution < 1.29 is 18.3 Å². The maximum absolute atomic E-state index is 11.5. The van der Waals surface area contributed by atoms with Crippen molar-refractivity contribution in [3.05, 3.63) is 54.6 Å². The van der Waals surface area contributed by atoms with Crippen LogP contribution in [0.3, 0.4) is 0 Å². The summed E-state index contributed by atoms with van der Waals surface area (Å²) in [7, 11) is -1.28. The number of nitrogens with zero attached hydrogens (tertiary/aromatic N) is 4. The SMILES string of the molecule is Cn1cc(CCn2ccnc2-c2ccc(S(C)(=O)=O)cc2)cn1.O=CO. The van der Waals surface area contributed by atoms with Crippen LogP contribution in [-0.2, 0) is 34.6 Å². The highest BCUT2D eigenvalue weighted by molar-refractivity contribution is 7.90. The number of aryl methyl sites for hydroxylation is 3. The van der Waals surface area contributed by atoms with Crippen LogP contribution in [-0.4, -0.2) is 45.6 Å². The monoisotopic (exact) mass is 376 g/mol. The van der Waals surface area contributed by atoms with Gasteiger partial charge in [-0.1, -0.05) is 0 Å². The number of rotatable bonds is 5. The van der Waals surface area contributed by atoms with Crippen LogP contribution in [0.2, 0.25) is 0 Å². The average Bonchev–Trinajstić information content (AvgIpc) is 3.21. The van der Waals surface area contributed by atoms with Crippen molar-refractivity contribution in [2.24, 2.45) is 7.05 Å². The Labute approximate surface area is 151 Å². The first kappa shape index (κ1) is 19.4. The number of carbonyl (C=O) groups is 1. The Kier molecular flexibility index (Phi) is 6.29. The van der Waals surface area contributed by atoms with Gasteiger partial charge in [-0.3, -0.25) is 9.48 Å². The number of imidazole rings is 1. The molecular formula is C17H20N4O4S. The molecule has 0 aliphatic heterocycles. The third-order valence-electron chi connectivity index (χ3n) is 3.66. The molecule has 0 unspecified atom stereocenters. The fourth-order valence-corrected chi connectivity index (χ4v) is 3.08. The molecule has 1 aromatic carbocycles. The Morgan fingerprint density at radius 1 is 1.23 bits per heavy atom. The second kappa shape index (κ2) is 8.43. The molecule has 0 aliphatic rings. The number of carboxylic acid groups (broad SMARTS) is 1. The van der Waals surface area contributed by atoms with Crippen LogP contribution in [0.25, 0.3) is 11.4 Å². The third-order valence-corrected chi connectivity index (χ3v) is 4.78. The lowest BCUT2D eigenvalue weighted by molar-refractivity contribution is -0.122. The third kappa shape index (κ3) is 5.03. The van der Waals surface area contributed by atoms with Crippen molar-refractivity contribution in [2.75, 3.05) is 6.26 Å². The van der Waals surface area contributed by atoms with Crippen LogP contribution in [0.5, 0.6) is 0 Å². The van der Waals surface area contributed by atoms with E-state index in [0.29, 0.717) is 4.90 Å². The Balaban J connectivity index is 0.000000758. The maximum Gasteiger partial charge on any atom is 0.290 e. The second-order valence-corrected chi connectivity index (χ2v) is 7.63. The van der Waals surface area contributed by atoms with E-state index in [0.717, 1.165) is 24.4 Å². The van der Waals surface area contributed by atoms with Crippen LogP contribution in [0.4, 0.5) is 0 Å². The molecule has 0 fully saturated rings. The molecule has 0 amide bonds. The van der Waals surface area contributed by atoms with Crippen molar-refractivity contribution >= 4 is 16.3 Å². The van der Waals surface area contributed by atoms with Crippen molar-refractivity contribution in [1.29, 1.82) is 0 Å². The largest absolute Gasteiger partial charge is 0.483 e. The zero-order chi connectivity index (χ0) is 19.2. The van der Waals surface area contributed by atoms with Gasteiger partial charge in [-0.05, 0) is 36.2 Å². The summed E-state index contributed by atoms with van der Waals surface area (Å²) in [5, 5.41) is 11.1. The van der Waals surface area contributed by atoms with E-state index in [9.17, 15) is 8.42 Å². The minimum absolute atomic E-state index is 0.250. The molecule has 0 saturated heterocycles. The fourth-order valence-electron chi connectivity index (χ4n) is 2.45. The molecule has 3 aromatic rings. The summed E-state index contributed by atoms with van der Waals surface area (Å²) in [6.45, 7) is 0.537. The summed E-state index contributed by atoms with van der Waals surface area (Å²) in [6.07, 6.45) is 9.60. The molecule has 0 bridgehead atoms. The van der Waals surface area contributed by atoms with Crippen LogP contribution in [0, 0.1) is 0 Å². The summed E-state index contributed by atoms with van der Waals surface area (Å²) in [6, 6.07) is 6.81. The van der Waals surface area contributed by atoms with Gasteiger partial charge in [-0.15, -0.1) is 0 Å². The number of hydrogen-bond acceptors (Lipinski definition) is 5. The van der Waals surface area contributed by atoms with Gasteiger partial charge in [0, 0.05) is 44.0 Å². The van der Waals surface area contributed by atoms with Crippen LogP contribution in [0.15, 0.2) is 53.9 Å². The molecule has 0 aliphatic carbocycles. The summed E-state index contributed by atoms with van der Waals surface area (Å²) in [4.78, 5) is 13.1. The van der Waals surface area contributed by atoms with Crippen LogP contribution >= 0.6 is 0 Å². The van der Waals surface area contributed by atoms with Gasteiger partial charge in [-0.2, -0.15) is 5.10 Å². The van der Waals surface area contributed by atoms with E-state index in [2.05, 4.69) is 14.6 Å². The highest BCUT2D eigenvalue weighted by atomic mass is 32.2. The molecule has 0 saturated carbocycles. The second-order valence-electron chi connectivity index (χ2n) is 5.62. The molecule has 2 heterocycles. The Hall–Kier alpha value is -2.94. The van der Waals surface area contributed by atoms with Crippen molar-refractivity contribution in [1.82, 2.24) is 19.3 Å². The molecule has 1 N–H and O–H groups in total. The van der Waals surface area contributed by atoms with Crippen molar-refractivity contribution in [3.8, 4) is 11.4 Å². The van der Waals surface area contributed by atoms with E-state index in [-0.39, 0.29) is 6.47 Å². The molecule has 0 atom stereocenters. The van der Waals surface area contributed by atoms with E-state index in [1.165, 1.54) is 11.8 Å². The van der Waals surface area contributed by atoms with Gasteiger partial charge in [0.25, 0.3) is 6.47 Å². The lowest BCUT2D eigenvalue weighted by Crippen LogP contribution is -2.03. The van der Waals surface area contributed by atoms with E-state index < -0.39 is 9.84 Å². The normalized spacial score (nSPS) is 10.8. The Morgan fingerprint density at radius 3 is 2.42 bits per heavy atom. The number of aromatic nitrogens is 4. The lowest BCUT2D eigenvalue weighted by atomic mass is 10.2. The van der Waals surface area contributed by atoms with E-state index in [1.807, 2.05) is 25.6 Å². The smallest absolute Gasteiger partial charge is 0.290 e. The van der Waals surface area contributed by atoms with Gasteiger partial charge >= 0.3 is 0 Å². The van der Waals surface area contributed by atoms with E-state index in [1.54, 1.807) is 35.1 Å². The van der Waals surface area contributed by atoms with E-state index in [4.69, 9.17) is 9.90 Å². The molecule has 3 rings (SSSR count). The molecule has 8 nitrogen and oxygen atoms in total. The Bertz CT molecular complexity index is 959. The zero-order valence-electron chi connectivity index (χ0n) is 14.5. The van der Waals surface area contributed by atoms with Gasteiger partial charge in [0.1, 0.15) is 5.82 Å². The molecule has 9 heteroatoms. The van der Waals surface area contributed by atoms with E-state index >= 15 is 0 Å². The van der Waals surface area contributed by atoms with Gasteiger partial charge in [0.15, 0.2) is 9.84 Å².